The summed E-state index contributed by atoms with van der Waals surface area (Å²) in [6.45, 7) is 5.28. The Morgan fingerprint density at radius 2 is 1.97 bits per heavy atom. The molecule has 160 valence electrons. The summed E-state index contributed by atoms with van der Waals surface area (Å²) in [6.07, 6.45) is 2.77. The van der Waals surface area contributed by atoms with Crippen molar-refractivity contribution >= 4 is 49.3 Å². The van der Waals surface area contributed by atoms with Crippen LogP contribution in [-0.4, -0.2) is 45.1 Å². The van der Waals surface area contributed by atoms with E-state index in [1.807, 2.05) is 24.5 Å². The molecule has 0 fully saturated rings. The van der Waals surface area contributed by atoms with Crippen LogP contribution in [0.4, 0.5) is 5.82 Å². The molecule has 6 nitrogen and oxygen atoms in total. The van der Waals surface area contributed by atoms with Gasteiger partial charge < -0.3 is 15.2 Å². The highest BCUT2D eigenvalue weighted by molar-refractivity contribution is 7.98. The lowest BCUT2D eigenvalue weighted by Crippen LogP contribution is -2.32. The van der Waals surface area contributed by atoms with Crippen LogP contribution >= 0.6 is 23.1 Å². The van der Waals surface area contributed by atoms with Gasteiger partial charge in [-0.2, -0.15) is 0 Å². The molecule has 0 saturated carbocycles. The Balaban J connectivity index is 1.85. The third-order valence-electron chi connectivity index (χ3n) is 5.50. The van der Waals surface area contributed by atoms with Gasteiger partial charge in [-0.1, -0.05) is 42.1 Å². The molecule has 1 aliphatic heterocycles. The van der Waals surface area contributed by atoms with Crippen LogP contribution in [0.2, 0.25) is 0 Å². The molecule has 0 amide bonds. The largest absolute Gasteiger partial charge is 0.395 e. The van der Waals surface area contributed by atoms with E-state index in [0.717, 1.165) is 49.5 Å². The van der Waals surface area contributed by atoms with Crippen molar-refractivity contribution in [3.8, 4) is 11.3 Å². The molecule has 0 atom stereocenters. The molecule has 0 spiro atoms. The van der Waals surface area contributed by atoms with E-state index in [2.05, 4.69) is 36.3 Å². The first-order valence-corrected chi connectivity index (χ1v) is 12.3. The molecule has 0 bridgehead atoms. The topological polar surface area (TPSA) is 80.2 Å². The number of aliphatic hydroxyl groups excluding tert-OH is 1. The predicted molar refractivity (Wildman–Crippen MR) is 128 cm³/mol. The number of aromatic nitrogens is 3. The molecule has 0 aliphatic carbocycles. The maximum atomic E-state index is 9.31. The zero-order valence-corrected chi connectivity index (χ0v) is 19.4. The van der Waals surface area contributed by atoms with E-state index >= 15 is 0 Å². The van der Waals surface area contributed by atoms with Crippen LogP contribution in [-0.2, 0) is 17.8 Å². The van der Waals surface area contributed by atoms with Gasteiger partial charge in [-0.15, -0.1) is 11.3 Å². The number of nitrogens with one attached hydrogen (secondary N) is 1. The normalized spacial score (nSPS) is 15.4. The Kier molecular flexibility index (Phi) is 5.34. The second-order valence-electron chi connectivity index (χ2n) is 8.18. The smallest absolute Gasteiger partial charge is 0.189 e. The van der Waals surface area contributed by atoms with Gasteiger partial charge in [0, 0.05) is 29.5 Å². The summed E-state index contributed by atoms with van der Waals surface area (Å²) < 4.78 is 7.18. The summed E-state index contributed by atoms with van der Waals surface area (Å²) >= 11 is 3.12. The molecule has 0 saturated heterocycles. The Hall–Kier alpha value is -2.26. The van der Waals surface area contributed by atoms with Gasteiger partial charge in [0.05, 0.1) is 34.7 Å². The number of pyridine rings is 1. The van der Waals surface area contributed by atoms with E-state index in [9.17, 15) is 5.11 Å². The number of aliphatic hydroxyl groups is 1. The maximum absolute atomic E-state index is 9.31. The number of fused-ring (bicyclic) bond motifs is 5. The monoisotopic (exact) mass is 452 g/mol. The van der Waals surface area contributed by atoms with Crippen LogP contribution in [0.5, 0.6) is 0 Å². The number of ether oxygens (including phenoxy) is 1. The van der Waals surface area contributed by atoms with E-state index in [1.165, 1.54) is 17.3 Å². The van der Waals surface area contributed by atoms with Crippen molar-refractivity contribution in [1.82, 2.24) is 15.0 Å². The molecule has 0 unspecified atom stereocenters. The van der Waals surface area contributed by atoms with E-state index in [1.54, 1.807) is 11.3 Å². The molecular formula is C23H24N4O2S2. The van der Waals surface area contributed by atoms with Crippen LogP contribution in [0.1, 0.15) is 25.0 Å². The molecule has 0 radical (unpaired) electrons. The van der Waals surface area contributed by atoms with Gasteiger partial charge in [-0.25, -0.2) is 15.0 Å². The standard InChI is InChI=1S/C23H24N4O2S2/c1-23(2)11-14-15(12-29-23)17(13-7-5-4-6-8-13)25-21-16(14)18-19(31-21)20(24-9-10-28)27-22(26-18)30-3/h4-8,28H,9-12H2,1-3H3,(H,24,26,27). The summed E-state index contributed by atoms with van der Waals surface area (Å²) in [5.41, 5.74) is 5.17. The number of thioether (sulfide) groups is 1. The predicted octanol–water partition coefficient (Wildman–Crippen LogP) is 4.88. The number of anilines is 1. The van der Waals surface area contributed by atoms with Gasteiger partial charge in [-0.05, 0) is 25.7 Å². The number of hydrogen-bond donors (Lipinski definition) is 2. The zero-order valence-electron chi connectivity index (χ0n) is 17.7. The fourth-order valence-electron chi connectivity index (χ4n) is 4.07. The van der Waals surface area contributed by atoms with Crippen LogP contribution < -0.4 is 5.32 Å². The van der Waals surface area contributed by atoms with Crippen LogP contribution in [0.15, 0.2) is 35.5 Å². The minimum Gasteiger partial charge on any atom is -0.395 e. The van der Waals surface area contributed by atoms with Crippen LogP contribution in [0, 0.1) is 0 Å². The van der Waals surface area contributed by atoms with Crippen LogP contribution in [0.3, 0.4) is 0 Å². The fourth-order valence-corrected chi connectivity index (χ4v) is 5.55. The van der Waals surface area contributed by atoms with E-state index in [-0.39, 0.29) is 12.2 Å². The third kappa shape index (κ3) is 3.67. The lowest BCUT2D eigenvalue weighted by molar-refractivity contribution is -0.0394. The lowest BCUT2D eigenvalue weighted by Gasteiger charge is -2.33. The lowest BCUT2D eigenvalue weighted by atomic mass is 9.88. The summed E-state index contributed by atoms with van der Waals surface area (Å²) in [7, 11) is 0. The maximum Gasteiger partial charge on any atom is 0.189 e. The van der Waals surface area contributed by atoms with Gasteiger partial charge in [-0.3, -0.25) is 0 Å². The molecule has 5 rings (SSSR count). The SMILES string of the molecule is CSc1nc(NCCO)c2sc3nc(-c4ccccc4)c4c(c3c2n1)CC(C)(C)OC4. The Bertz CT molecular complexity index is 1270. The first-order valence-electron chi connectivity index (χ1n) is 10.2. The number of rotatable bonds is 5. The van der Waals surface area contributed by atoms with Gasteiger partial charge in [0.1, 0.15) is 10.6 Å². The highest BCUT2D eigenvalue weighted by atomic mass is 32.2. The fraction of sp³-hybridized carbons (Fsp3) is 0.348. The van der Waals surface area contributed by atoms with Gasteiger partial charge in [0.2, 0.25) is 0 Å². The average molecular weight is 453 g/mol. The Morgan fingerprint density at radius 3 is 2.71 bits per heavy atom. The van der Waals surface area contributed by atoms with Crippen molar-refractivity contribution in [3.05, 3.63) is 41.5 Å². The van der Waals surface area contributed by atoms with Crippen molar-refractivity contribution in [2.45, 2.75) is 37.6 Å². The number of nitrogens with zero attached hydrogens (tertiary/aromatic N) is 3. The molecule has 2 N–H and O–H groups in total. The molecule has 3 aromatic heterocycles. The second-order valence-corrected chi connectivity index (χ2v) is 9.95. The number of hydrogen-bond acceptors (Lipinski definition) is 8. The van der Waals surface area contributed by atoms with Gasteiger partial charge in [0.15, 0.2) is 5.16 Å². The summed E-state index contributed by atoms with van der Waals surface area (Å²) in [5.74, 6) is 0.757. The van der Waals surface area contributed by atoms with Gasteiger partial charge in [0.25, 0.3) is 0 Å². The first kappa shape index (κ1) is 20.6. The van der Waals surface area contributed by atoms with Crippen molar-refractivity contribution in [2.75, 3.05) is 24.7 Å². The highest BCUT2D eigenvalue weighted by Gasteiger charge is 2.32. The molecule has 1 aromatic carbocycles. The minimum atomic E-state index is -0.253. The number of thiophene rings is 1. The second kappa shape index (κ2) is 8.02. The average Bonchev–Trinajstić information content (AvgIpc) is 3.15. The Labute approximate surface area is 189 Å². The molecule has 31 heavy (non-hydrogen) atoms. The van der Waals surface area contributed by atoms with E-state index in [4.69, 9.17) is 14.7 Å². The molecule has 4 aromatic rings. The summed E-state index contributed by atoms with van der Waals surface area (Å²) in [6, 6.07) is 10.3. The summed E-state index contributed by atoms with van der Waals surface area (Å²) in [4.78, 5) is 15.6. The van der Waals surface area contributed by atoms with Crippen LogP contribution in [0.25, 0.3) is 31.7 Å². The third-order valence-corrected chi connectivity index (χ3v) is 7.13. The van der Waals surface area contributed by atoms with Gasteiger partial charge >= 0.3 is 0 Å². The van der Waals surface area contributed by atoms with E-state index in [0.29, 0.717) is 18.3 Å². The Morgan fingerprint density at radius 1 is 1.16 bits per heavy atom. The van der Waals surface area contributed by atoms with Crippen molar-refractivity contribution in [2.24, 2.45) is 0 Å². The van der Waals surface area contributed by atoms with Crippen molar-refractivity contribution in [1.29, 1.82) is 0 Å². The molecule has 8 heteroatoms. The first-order chi connectivity index (χ1) is 15.0. The quantitative estimate of drug-likeness (QED) is 0.330. The van der Waals surface area contributed by atoms with Crippen molar-refractivity contribution in [3.63, 3.8) is 0 Å². The zero-order chi connectivity index (χ0) is 21.6. The molecule has 4 heterocycles. The highest BCUT2D eigenvalue weighted by Crippen LogP contribution is 2.44. The van der Waals surface area contributed by atoms with E-state index < -0.39 is 0 Å². The summed E-state index contributed by atoms with van der Waals surface area (Å²) in [5, 5.41) is 14.4. The minimum absolute atomic E-state index is 0.0440. The number of benzene rings is 1. The van der Waals surface area contributed by atoms with Crippen molar-refractivity contribution < 1.29 is 9.84 Å². The molecule has 1 aliphatic rings. The molecular weight excluding hydrogens is 428 g/mol.